The number of carbonyl (C=O) groups is 2. The molecule has 6 nitrogen and oxygen atoms in total. The summed E-state index contributed by atoms with van der Waals surface area (Å²) in [6, 6.07) is 0. The normalized spacial score (nSPS) is 16.3. The van der Waals surface area contributed by atoms with Gasteiger partial charge in [0.05, 0.1) is 18.7 Å². The van der Waals surface area contributed by atoms with Gasteiger partial charge >= 0.3 is 5.97 Å². The van der Waals surface area contributed by atoms with Crippen LogP contribution in [0.25, 0.3) is 11.0 Å². The first-order valence-electron chi connectivity index (χ1n) is 7.26. The van der Waals surface area contributed by atoms with E-state index in [4.69, 9.17) is 16.3 Å². The van der Waals surface area contributed by atoms with Gasteiger partial charge in [0.1, 0.15) is 0 Å². The summed E-state index contributed by atoms with van der Waals surface area (Å²) in [5.74, 6) is -0.393. The van der Waals surface area contributed by atoms with Crippen LogP contribution < -0.4 is 0 Å². The van der Waals surface area contributed by atoms with Gasteiger partial charge in [-0.3, -0.25) is 14.0 Å². The van der Waals surface area contributed by atoms with Gasteiger partial charge < -0.3 is 9.64 Å². The SMILES string of the molecule is COC(=O)C1CCN(C(=O)C=Cc2c(Cl)nc3sccn23)CC1. The average molecular weight is 354 g/mol. The maximum atomic E-state index is 12.3. The lowest BCUT2D eigenvalue weighted by atomic mass is 9.97. The number of hydrogen-bond acceptors (Lipinski definition) is 5. The summed E-state index contributed by atoms with van der Waals surface area (Å²) in [5, 5.41) is 2.29. The molecule has 1 aliphatic heterocycles. The van der Waals surface area contributed by atoms with Crippen molar-refractivity contribution in [2.45, 2.75) is 12.8 Å². The van der Waals surface area contributed by atoms with Gasteiger partial charge in [-0.2, -0.15) is 0 Å². The summed E-state index contributed by atoms with van der Waals surface area (Å²) in [6.07, 6.45) is 6.32. The minimum atomic E-state index is -0.196. The fourth-order valence-electron chi connectivity index (χ4n) is 2.68. The molecular formula is C15H16ClN3O3S. The predicted molar refractivity (Wildman–Crippen MR) is 88.4 cm³/mol. The fourth-order valence-corrected chi connectivity index (χ4v) is 3.69. The van der Waals surface area contributed by atoms with Crippen molar-refractivity contribution < 1.29 is 14.3 Å². The molecule has 2 aromatic heterocycles. The van der Waals surface area contributed by atoms with E-state index < -0.39 is 0 Å². The third kappa shape index (κ3) is 3.25. The monoisotopic (exact) mass is 353 g/mol. The number of aromatic nitrogens is 2. The van der Waals surface area contributed by atoms with Gasteiger partial charge in [-0.05, 0) is 18.9 Å². The smallest absolute Gasteiger partial charge is 0.308 e. The summed E-state index contributed by atoms with van der Waals surface area (Å²) in [7, 11) is 1.39. The second kappa shape index (κ2) is 6.72. The largest absolute Gasteiger partial charge is 0.469 e. The van der Waals surface area contributed by atoms with Crippen molar-refractivity contribution in [3.05, 3.63) is 28.5 Å². The highest BCUT2D eigenvalue weighted by atomic mass is 35.5. The van der Waals surface area contributed by atoms with Crippen molar-refractivity contribution >= 4 is 45.9 Å². The van der Waals surface area contributed by atoms with Crippen molar-refractivity contribution in [2.24, 2.45) is 5.92 Å². The Bertz CT molecular complexity index is 759. The van der Waals surface area contributed by atoms with Crippen LogP contribution in [0.2, 0.25) is 5.15 Å². The molecule has 3 heterocycles. The van der Waals surface area contributed by atoms with Gasteiger partial charge in [-0.15, -0.1) is 11.3 Å². The number of imidazole rings is 1. The molecule has 23 heavy (non-hydrogen) atoms. The number of methoxy groups -OCH3 is 1. The minimum absolute atomic E-state index is 0.0884. The first-order chi connectivity index (χ1) is 11.1. The highest BCUT2D eigenvalue weighted by Crippen LogP contribution is 2.23. The van der Waals surface area contributed by atoms with Gasteiger partial charge in [0.25, 0.3) is 0 Å². The number of likely N-dealkylation sites (tertiary alicyclic amines) is 1. The Balaban J connectivity index is 1.65. The second-order valence-corrected chi connectivity index (χ2v) is 6.53. The predicted octanol–water partition coefficient (Wildman–Crippen LogP) is 2.47. The molecule has 0 unspecified atom stereocenters. The van der Waals surface area contributed by atoms with Gasteiger partial charge in [0.2, 0.25) is 5.91 Å². The molecule has 122 valence electrons. The van der Waals surface area contributed by atoms with Crippen LogP contribution in [0.4, 0.5) is 0 Å². The maximum absolute atomic E-state index is 12.3. The van der Waals surface area contributed by atoms with E-state index in [0.717, 1.165) is 4.96 Å². The van der Waals surface area contributed by atoms with Crippen molar-refractivity contribution in [3.63, 3.8) is 0 Å². The van der Waals surface area contributed by atoms with E-state index in [-0.39, 0.29) is 17.8 Å². The maximum Gasteiger partial charge on any atom is 0.308 e. The lowest BCUT2D eigenvalue weighted by Gasteiger charge is -2.29. The molecule has 1 saturated heterocycles. The van der Waals surface area contributed by atoms with Gasteiger partial charge in [0, 0.05) is 30.7 Å². The quantitative estimate of drug-likeness (QED) is 0.628. The highest BCUT2D eigenvalue weighted by molar-refractivity contribution is 7.15. The molecule has 8 heteroatoms. The summed E-state index contributed by atoms with van der Waals surface area (Å²) in [4.78, 5) is 30.5. The van der Waals surface area contributed by atoms with E-state index in [1.165, 1.54) is 24.5 Å². The average Bonchev–Trinajstić information content (AvgIpc) is 3.13. The molecule has 2 aromatic rings. The number of esters is 1. The first kappa shape index (κ1) is 16.0. The molecule has 0 atom stereocenters. The Kier molecular flexibility index (Phi) is 4.68. The van der Waals surface area contributed by atoms with Crippen LogP contribution in [0.1, 0.15) is 18.5 Å². The van der Waals surface area contributed by atoms with Crippen LogP contribution in [-0.4, -0.2) is 46.4 Å². The number of fused-ring (bicyclic) bond motifs is 1. The number of hydrogen-bond donors (Lipinski definition) is 0. The lowest BCUT2D eigenvalue weighted by Crippen LogP contribution is -2.39. The summed E-state index contributed by atoms with van der Waals surface area (Å²) >= 11 is 7.58. The molecule has 0 aromatic carbocycles. The van der Waals surface area contributed by atoms with E-state index in [0.29, 0.717) is 36.8 Å². The zero-order valence-corrected chi connectivity index (χ0v) is 14.1. The third-order valence-electron chi connectivity index (χ3n) is 3.98. The van der Waals surface area contributed by atoms with Crippen molar-refractivity contribution in [3.8, 4) is 0 Å². The molecule has 1 amide bonds. The fraction of sp³-hybridized carbons (Fsp3) is 0.400. The number of thiazole rings is 1. The third-order valence-corrected chi connectivity index (χ3v) is 5.01. The number of nitrogens with zero attached hydrogens (tertiary/aromatic N) is 3. The summed E-state index contributed by atoms with van der Waals surface area (Å²) < 4.78 is 6.60. The summed E-state index contributed by atoms with van der Waals surface area (Å²) in [6.45, 7) is 1.11. The Labute approximate surface area is 142 Å². The molecule has 0 N–H and O–H groups in total. The number of ether oxygens (including phenoxy) is 1. The number of carbonyl (C=O) groups excluding carboxylic acids is 2. The van der Waals surface area contributed by atoms with Crippen molar-refractivity contribution in [1.29, 1.82) is 0 Å². The van der Waals surface area contributed by atoms with Crippen LogP contribution in [-0.2, 0) is 14.3 Å². The van der Waals surface area contributed by atoms with E-state index in [2.05, 4.69) is 4.98 Å². The number of rotatable bonds is 3. The Morgan fingerprint density at radius 2 is 2.17 bits per heavy atom. The molecule has 0 aliphatic carbocycles. The van der Waals surface area contributed by atoms with Crippen molar-refractivity contribution in [2.75, 3.05) is 20.2 Å². The van der Waals surface area contributed by atoms with Gasteiger partial charge in [-0.1, -0.05) is 11.6 Å². The molecule has 1 fully saturated rings. The molecule has 0 bridgehead atoms. The van der Waals surface area contributed by atoms with Crippen LogP contribution in [0.3, 0.4) is 0 Å². The molecule has 1 aliphatic rings. The zero-order chi connectivity index (χ0) is 16.4. The van der Waals surface area contributed by atoms with Gasteiger partial charge in [0.15, 0.2) is 10.1 Å². The van der Waals surface area contributed by atoms with E-state index >= 15 is 0 Å². The van der Waals surface area contributed by atoms with Crippen LogP contribution in [0, 0.1) is 5.92 Å². The molecule has 0 spiro atoms. The van der Waals surface area contributed by atoms with Crippen LogP contribution in [0.15, 0.2) is 17.7 Å². The Hall–Kier alpha value is -1.86. The standard InChI is InChI=1S/C15H16ClN3O3S/c1-22-14(21)10-4-6-18(7-5-10)12(20)3-2-11-13(16)17-15-19(11)8-9-23-15/h2-3,8-10H,4-7H2,1H3. The van der Waals surface area contributed by atoms with E-state index in [9.17, 15) is 9.59 Å². The van der Waals surface area contributed by atoms with E-state index in [1.54, 1.807) is 11.0 Å². The van der Waals surface area contributed by atoms with Gasteiger partial charge in [-0.25, -0.2) is 4.98 Å². The molecule has 3 rings (SSSR count). The Morgan fingerprint density at radius 1 is 1.43 bits per heavy atom. The minimum Gasteiger partial charge on any atom is -0.469 e. The second-order valence-electron chi connectivity index (χ2n) is 5.30. The van der Waals surface area contributed by atoms with Crippen LogP contribution >= 0.6 is 22.9 Å². The number of amides is 1. The topological polar surface area (TPSA) is 63.9 Å². The highest BCUT2D eigenvalue weighted by Gasteiger charge is 2.27. The molecule has 0 saturated carbocycles. The number of halogens is 1. The molecule has 0 radical (unpaired) electrons. The summed E-state index contributed by atoms with van der Waals surface area (Å²) in [5.41, 5.74) is 0.695. The van der Waals surface area contributed by atoms with E-state index in [1.807, 2.05) is 16.0 Å². The Morgan fingerprint density at radius 3 is 2.87 bits per heavy atom. The molecular weight excluding hydrogens is 338 g/mol. The van der Waals surface area contributed by atoms with Crippen LogP contribution in [0.5, 0.6) is 0 Å². The zero-order valence-electron chi connectivity index (χ0n) is 12.6. The lowest BCUT2D eigenvalue weighted by molar-refractivity contribution is -0.148. The van der Waals surface area contributed by atoms with Crippen molar-refractivity contribution in [1.82, 2.24) is 14.3 Å². The first-order valence-corrected chi connectivity index (χ1v) is 8.51. The number of piperidine rings is 1.